The Hall–Kier alpha value is -1.22. The molecule has 0 spiro atoms. The van der Waals surface area contributed by atoms with Crippen LogP contribution < -0.4 is 15.2 Å². The van der Waals surface area contributed by atoms with Gasteiger partial charge < -0.3 is 15.2 Å². The molecule has 2 N–H and O–H groups in total. The normalized spacial score (nSPS) is 17.7. The molecule has 2 rings (SSSR count). The largest absolute Gasteiger partial charge is 0.494 e. The van der Waals surface area contributed by atoms with Crippen molar-refractivity contribution in [2.24, 2.45) is 11.7 Å². The number of nitrogens with two attached hydrogens (primary N) is 1. The van der Waals surface area contributed by atoms with Gasteiger partial charge >= 0.3 is 0 Å². The standard InChI is InChI=1S/C15H23NO2/c1-2-17-13-8-5-9-14(10-13)18-11-15(16)12-6-3-4-7-12/h5,8-10,12,15H,2-4,6-7,11,16H2,1H3. The van der Waals surface area contributed by atoms with Gasteiger partial charge in [0.25, 0.3) is 0 Å². The fourth-order valence-corrected chi connectivity index (χ4v) is 2.53. The Morgan fingerprint density at radius 2 is 1.89 bits per heavy atom. The first kappa shape index (κ1) is 13.2. The molecule has 3 nitrogen and oxygen atoms in total. The molecule has 100 valence electrons. The summed E-state index contributed by atoms with van der Waals surface area (Å²) in [5, 5.41) is 0. The lowest BCUT2D eigenvalue weighted by atomic mass is 10.00. The summed E-state index contributed by atoms with van der Waals surface area (Å²) >= 11 is 0. The van der Waals surface area contributed by atoms with Crippen LogP contribution in [-0.2, 0) is 0 Å². The number of hydrogen-bond donors (Lipinski definition) is 1. The van der Waals surface area contributed by atoms with Crippen molar-refractivity contribution in [2.45, 2.75) is 38.6 Å². The van der Waals surface area contributed by atoms with E-state index in [1.807, 2.05) is 31.2 Å². The van der Waals surface area contributed by atoms with Gasteiger partial charge in [-0.15, -0.1) is 0 Å². The van der Waals surface area contributed by atoms with Crippen LogP contribution in [0.15, 0.2) is 24.3 Å². The summed E-state index contributed by atoms with van der Waals surface area (Å²) < 4.78 is 11.2. The van der Waals surface area contributed by atoms with Crippen molar-refractivity contribution in [1.82, 2.24) is 0 Å². The zero-order valence-corrected chi connectivity index (χ0v) is 11.1. The van der Waals surface area contributed by atoms with E-state index < -0.39 is 0 Å². The Kier molecular flexibility index (Phi) is 4.88. The molecule has 0 saturated heterocycles. The molecule has 1 saturated carbocycles. The molecule has 1 fully saturated rings. The number of benzene rings is 1. The third-order valence-corrected chi connectivity index (χ3v) is 3.56. The lowest BCUT2D eigenvalue weighted by Crippen LogP contribution is -2.34. The quantitative estimate of drug-likeness (QED) is 0.843. The molecule has 0 heterocycles. The fraction of sp³-hybridized carbons (Fsp3) is 0.600. The first-order chi connectivity index (χ1) is 8.79. The molecule has 1 unspecified atom stereocenters. The third-order valence-electron chi connectivity index (χ3n) is 3.56. The van der Waals surface area contributed by atoms with Crippen molar-refractivity contribution >= 4 is 0 Å². The molecule has 0 bridgehead atoms. The van der Waals surface area contributed by atoms with E-state index in [4.69, 9.17) is 15.2 Å². The lowest BCUT2D eigenvalue weighted by Gasteiger charge is -2.19. The molecule has 1 aromatic rings. The summed E-state index contributed by atoms with van der Waals surface area (Å²) in [7, 11) is 0. The van der Waals surface area contributed by atoms with Crippen LogP contribution in [0, 0.1) is 5.92 Å². The minimum Gasteiger partial charge on any atom is -0.494 e. The molecule has 0 aliphatic heterocycles. The van der Waals surface area contributed by atoms with Crippen molar-refractivity contribution in [3.05, 3.63) is 24.3 Å². The highest BCUT2D eigenvalue weighted by atomic mass is 16.5. The van der Waals surface area contributed by atoms with Gasteiger partial charge in [0, 0.05) is 12.1 Å². The van der Waals surface area contributed by atoms with Gasteiger partial charge in [-0.05, 0) is 37.8 Å². The van der Waals surface area contributed by atoms with E-state index in [0.29, 0.717) is 19.1 Å². The van der Waals surface area contributed by atoms with Crippen LogP contribution in [0.1, 0.15) is 32.6 Å². The van der Waals surface area contributed by atoms with E-state index in [1.165, 1.54) is 25.7 Å². The van der Waals surface area contributed by atoms with Gasteiger partial charge in [-0.25, -0.2) is 0 Å². The first-order valence-corrected chi connectivity index (χ1v) is 6.91. The maximum absolute atomic E-state index is 6.17. The van der Waals surface area contributed by atoms with Crippen LogP contribution in [0.25, 0.3) is 0 Å². The highest BCUT2D eigenvalue weighted by Crippen LogP contribution is 2.27. The second-order valence-electron chi connectivity index (χ2n) is 4.93. The molecule has 1 atom stereocenters. The van der Waals surface area contributed by atoms with Crippen molar-refractivity contribution < 1.29 is 9.47 Å². The molecule has 0 amide bonds. The summed E-state index contributed by atoms with van der Waals surface area (Å²) in [4.78, 5) is 0. The van der Waals surface area contributed by atoms with Crippen molar-refractivity contribution in [3.8, 4) is 11.5 Å². The number of hydrogen-bond acceptors (Lipinski definition) is 3. The Morgan fingerprint density at radius 1 is 1.22 bits per heavy atom. The Balaban J connectivity index is 1.83. The molecule has 1 aromatic carbocycles. The van der Waals surface area contributed by atoms with Crippen LogP contribution in [-0.4, -0.2) is 19.3 Å². The van der Waals surface area contributed by atoms with Crippen LogP contribution in [0.5, 0.6) is 11.5 Å². The molecule has 0 aromatic heterocycles. The van der Waals surface area contributed by atoms with Gasteiger partial charge in [0.15, 0.2) is 0 Å². The first-order valence-electron chi connectivity index (χ1n) is 6.91. The summed E-state index contributed by atoms with van der Waals surface area (Å²) in [6.07, 6.45) is 5.14. The van der Waals surface area contributed by atoms with Crippen molar-refractivity contribution in [1.29, 1.82) is 0 Å². The summed E-state index contributed by atoms with van der Waals surface area (Å²) in [6, 6.07) is 7.91. The summed E-state index contributed by atoms with van der Waals surface area (Å²) in [5.74, 6) is 2.33. The second-order valence-corrected chi connectivity index (χ2v) is 4.93. The van der Waals surface area contributed by atoms with Crippen molar-refractivity contribution in [3.63, 3.8) is 0 Å². The maximum atomic E-state index is 6.17. The van der Waals surface area contributed by atoms with E-state index in [-0.39, 0.29) is 6.04 Å². The molecule has 18 heavy (non-hydrogen) atoms. The average molecular weight is 249 g/mol. The van der Waals surface area contributed by atoms with E-state index in [9.17, 15) is 0 Å². The van der Waals surface area contributed by atoms with Gasteiger partial charge in [0.2, 0.25) is 0 Å². The number of rotatable bonds is 6. The molecular formula is C15H23NO2. The monoisotopic (exact) mass is 249 g/mol. The molecular weight excluding hydrogens is 226 g/mol. The van der Waals surface area contributed by atoms with Gasteiger partial charge in [0.1, 0.15) is 18.1 Å². The predicted octanol–water partition coefficient (Wildman–Crippen LogP) is 2.98. The third kappa shape index (κ3) is 3.64. The van der Waals surface area contributed by atoms with Crippen LogP contribution in [0.4, 0.5) is 0 Å². The van der Waals surface area contributed by atoms with Gasteiger partial charge in [-0.1, -0.05) is 18.9 Å². The van der Waals surface area contributed by atoms with Gasteiger partial charge in [0.05, 0.1) is 6.61 Å². The summed E-state index contributed by atoms with van der Waals surface area (Å²) in [6.45, 7) is 3.24. The average Bonchev–Trinajstić information content (AvgIpc) is 2.91. The van der Waals surface area contributed by atoms with Gasteiger partial charge in [-0.2, -0.15) is 0 Å². The Bertz CT molecular complexity index is 361. The van der Waals surface area contributed by atoms with Gasteiger partial charge in [-0.3, -0.25) is 0 Å². The van der Waals surface area contributed by atoms with Crippen molar-refractivity contribution in [2.75, 3.05) is 13.2 Å². The van der Waals surface area contributed by atoms with Crippen LogP contribution in [0.2, 0.25) is 0 Å². The zero-order valence-electron chi connectivity index (χ0n) is 11.1. The van der Waals surface area contributed by atoms with Crippen LogP contribution >= 0.6 is 0 Å². The van der Waals surface area contributed by atoms with E-state index >= 15 is 0 Å². The predicted molar refractivity (Wildman–Crippen MR) is 73.0 cm³/mol. The fourth-order valence-electron chi connectivity index (χ4n) is 2.53. The SMILES string of the molecule is CCOc1cccc(OCC(N)C2CCCC2)c1. The Morgan fingerprint density at radius 3 is 2.56 bits per heavy atom. The lowest BCUT2D eigenvalue weighted by molar-refractivity contribution is 0.245. The topological polar surface area (TPSA) is 44.5 Å². The second kappa shape index (κ2) is 6.64. The summed E-state index contributed by atoms with van der Waals surface area (Å²) in [5.41, 5.74) is 6.17. The Labute approximate surface area is 109 Å². The maximum Gasteiger partial charge on any atom is 0.123 e. The molecule has 3 heteroatoms. The molecule has 0 radical (unpaired) electrons. The minimum atomic E-state index is 0.156. The van der Waals surface area contributed by atoms with E-state index in [0.717, 1.165) is 11.5 Å². The highest BCUT2D eigenvalue weighted by molar-refractivity contribution is 5.32. The zero-order chi connectivity index (χ0) is 12.8. The van der Waals surface area contributed by atoms with Crippen LogP contribution in [0.3, 0.4) is 0 Å². The van der Waals surface area contributed by atoms with E-state index in [2.05, 4.69) is 0 Å². The number of ether oxygens (including phenoxy) is 2. The molecule has 1 aliphatic rings. The smallest absolute Gasteiger partial charge is 0.123 e. The molecule has 1 aliphatic carbocycles. The van der Waals surface area contributed by atoms with E-state index in [1.54, 1.807) is 0 Å². The minimum absolute atomic E-state index is 0.156. The highest BCUT2D eigenvalue weighted by Gasteiger charge is 2.22.